The Hall–Kier alpha value is -2.42. The standard InChI is InChI=1S/C24H31N3O4S/c1-18-16-27(17-19(2)31-18)32(29,30)23-8-6-7-20(15-23)24(28)25-21-9-11-22(12-10-21)26-13-4-3-5-14-26/h6-12,15,18-19H,3-5,13-14,16-17H2,1-2H3,(H,25,28)/t18-,19-/m0/s1. The molecule has 0 radical (unpaired) electrons. The average molecular weight is 458 g/mol. The largest absolute Gasteiger partial charge is 0.373 e. The first-order chi connectivity index (χ1) is 15.3. The van der Waals surface area contributed by atoms with E-state index >= 15 is 0 Å². The van der Waals surface area contributed by atoms with Gasteiger partial charge >= 0.3 is 0 Å². The van der Waals surface area contributed by atoms with Crippen molar-refractivity contribution in [2.24, 2.45) is 0 Å². The molecule has 172 valence electrons. The Morgan fingerprint density at radius 2 is 1.62 bits per heavy atom. The maximum atomic E-state index is 13.1. The molecule has 2 aromatic rings. The van der Waals surface area contributed by atoms with Crippen LogP contribution in [0.1, 0.15) is 43.5 Å². The van der Waals surface area contributed by atoms with Gasteiger partial charge in [-0.25, -0.2) is 8.42 Å². The van der Waals surface area contributed by atoms with Gasteiger partial charge in [-0.05, 0) is 75.6 Å². The number of sulfonamides is 1. The number of amides is 1. The molecule has 7 nitrogen and oxygen atoms in total. The molecule has 2 aliphatic rings. The van der Waals surface area contributed by atoms with E-state index in [1.165, 1.54) is 35.7 Å². The molecular weight excluding hydrogens is 426 g/mol. The van der Waals surface area contributed by atoms with Crippen molar-refractivity contribution < 1.29 is 17.9 Å². The van der Waals surface area contributed by atoms with Crippen LogP contribution in [0.25, 0.3) is 0 Å². The Morgan fingerprint density at radius 1 is 0.969 bits per heavy atom. The quantitative estimate of drug-likeness (QED) is 0.740. The Labute approximate surface area is 190 Å². The topological polar surface area (TPSA) is 79.0 Å². The minimum Gasteiger partial charge on any atom is -0.373 e. The highest BCUT2D eigenvalue weighted by atomic mass is 32.2. The third kappa shape index (κ3) is 5.14. The summed E-state index contributed by atoms with van der Waals surface area (Å²) in [4.78, 5) is 15.3. The number of carbonyl (C=O) groups excluding carboxylic acids is 1. The van der Waals surface area contributed by atoms with Crippen LogP contribution >= 0.6 is 0 Å². The van der Waals surface area contributed by atoms with Crippen LogP contribution in [-0.2, 0) is 14.8 Å². The van der Waals surface area contributed by atoms with Crippen LogP contribution in [0.3, 0.4) is 0 Å². The Morgan fingerprint density at radius 3 is 2.28 bits per heavy atom. The fourth-order valence-electron chi connectivity index (χ4n) is 4.38. The van der Waals surface area contributed by atoms with E-state index in [0.29, 0.717) is 24.3 Å². The molecule has 2 atom stereocenters. The maximum Gasteiger partial charge on any atom is 0.255 e. The molecule has 1 amide bonds. The highest BCUT2D eigenvalue weighted by Gasteiger charge is 2.32. The van der Waals surface area contributed by atoms with Crippen molar-refractivity contribution in [2.75, 3.05) is 36.4 Å². The average Bonchev–Trinajstić information content (AvgIpc) is 2.79. The molecule has 0 saturated carbocycles. The van der Waals surface area contributed by atoms with E-state index in [2.05, 4.69) is 10.2 Å². The fraction of sp³-hybridized carbons (Fsp3) is 0.458. The van der Waals surface area contributed by atoms with Crippen molar-refractivity contribution in [3.63, 3.8) is 0 Å². The smallest absolute Gasteiger partial charge is 0.255 e. The van der Waals surface area contributed by atoms with Crippen LogP contribution in [0.5, 0.6) is 0 Å². The number of nitrogens with one attached hydrogen (secondary N) is 1. The van der Waals surface area contributed by atoms with Crippen LogP contribution in [0.4, 0.5) is 11.4 Å². The molecule has 0 bridgehead atoms. The van der Waals surface area contributed by atoms with Crippen molar-refractivity contribution >= 4 is 27.3 Å². The molecule has 2 saturated heterocycles. The molecule has 8 heteroatoms. The molecule has 0 aliphatic carbocycles. The molecule has 2 fully saturated rings. The second kappa shape index (κ2) is 9.60. The number of morpholine rings is 1. The molecule has 2 aromatic carbocycles. The van der Waals surface area contributed by atoms with Crippen LogP contribution < -0.4 is 10.2 Å². The Bertz CT molecular complexity index is 1040. The van der Waals surface area contributed by atoms with E-state index in [0.717, 1.165) is 18.8 Å². The zero-order chi connectivity index (χ0) is 22.7. The van der Waals surface area contributed by atoms with Crippen LogP contribution in [0, 0.1) is 0 Å². The zero-order valence-electron chi connectivity index (χ0n) is 18.7. The number of piperidine rings is 1. The van der Waals surface area contributed by atoms with Gasteiger partial charge in [0.05, 0.1) is 17.1 Å². The van der Waals surface area contributed by atoms with E-state index < -0.39 is 10.0 Å². The first-order valence-corrected chi connectivity index (χ1v) is 12.7. The van der Waals surface area contributed by atoms with Gasteiger partial charge in [0.2, 0.25) is 10.0 Å². The van der Waals surface area contributed by atoms with Gasteiger partial charge in [-0.15, -0.1) is 0 Å². The Kier molecular flexibility index (Phi) is 6.83. The number of anilines is 2. The molecule has 2 heterocycles. The molecule has 32 heavy (non-hydrogen) atoms. The number of nitrogens with zero attached hydrogens (tertiary/aromatic N) is 2. The molecule has 0 aromatic heterocycles. The van der Waals surface area contributed by atoms with Crippen molar-refractivity contribution in [1.82, 2.24) is 4.31 Å². The molecular formula is C24H31N3O4S. The monoisotopic (exact) mass is 457 g/mol. The van der Waals surface area contributed by atoms with Gasteiger partial charge in [-0.1, -0.05) is 6.07 Å². The molecule has 0 unspecified atom stereocenters. The third-order valence-electron chi connectivity index (χ3n) is 5.97. The van der Waals surface area contributed by atoms with E-state index in [9.17, 15) is 13.2 Å². The Balaban J connectivity index is 1.46. The van der Waals surface area contributed by atoms with Gasteiger partial charge in [-0.2, -0.15) is 4.31 Å². The SMILES string of the molecule is C[C@H]1CN(S(=O)(=O)c2cccc(C(=O)Nc3ccc(N4CCCCC4)cc3)c2)C[C@H](C)O1. The lowest BCUT2D eigenvalue weighted by molar-refractivity contribution is -0.0440. The predicted octanol–water partition coefficient (Wildman–Crippen LogP) is 3.73. The van der Waals surface area contributed by atoms with E-state index in [1.807, 2.05) is 38.1 Å². The van der Waals surface area contributed by atoms with Gasteiger partial charge < -0.3 is 15.0 Å². The normalized spacial score (nSPS) is 22.5. The predicted molar refractivity (Wildman–Crippen MR) is 126 cm³/mol. The second-order valence-corrected chi connectivity index (χ2v) is 10.6. The van der Waals surface area contributed by atoms with E-state index in [1.54, 1.807) is 12.1 Å². The number of hydrogen-bond acceptors (Lipinski definition) is 5. The number of benzene rings is 2. The van der Waals surface area contributed by atoms with Crippen LogP contribution in [0.15, 0.2) is 53.4 Å². The van der Waals surface area contributed by atoms with Crippen molar-refractivity contribution in [1.29, 1.82) is 0 Å². The number of rotatable bonds is 5. The van der Waals surface area contributed by atoms with Gasteiger partial charge in [0.15, 0.2) is 0 Å². The number of ether oxygens (including phenoxy) is 1. The van der Waals surface area contributed by atoms with Crippen LogP contribution in [0.2, 0.25) is 0 Å². The van der Waals surface area contributed by atoms with Crippen molar-refractivity contribution in [2.45, 2.75) is 50.2 Å². The summed E-state index contributed by atoms with van der Waals surface area (Å²) in [6.45, 7) is 6.44. The summed E-state index contributed by atoms with van der Waals surface area (Å²) in [5.41, 5.74) is 2.14. The fourth-order valence-corrected chi connectivity index (χ4v) is 6.02. The van der Waals surface area contributed by atoms with Gasteiger partial charge in [0.1, 0.15) is 0 Å². The molecule has 1 N–H and O–H groups in total. The highest BCUT2D eigenvalue weighted by Crippen LogP contribution is 2.24. The third-order valence-corrected chi connectivity index (χ3v) is 7.79. The zero-order valence-corrected chi connectivity index (χ0v) is 19.5. The van der Waals surface area contributed by atoms with Gasteiger partial charge in [-0.3, -0.25) is 4.79 Å². The van der Waals surface area contributed by atoms with Gasteiger partial charge in [0.25, 0.3) is 5.91 Å². The number of carbonyl (C=O) groups is 1. The summed E-state index contributed by atoms with van der Waals surface area (Å²) in [5.74, 6) is -0.337. The minimum atomic E-state index is -3.71. The lowest BCUT2D eigenvalue weighted by atomic mass is 10.1. The first kappa shape index (κ1) is 22.8. The lowest BCUT2D eigenvalue weighted by Gasteiger charge is -2.34. The lowest BCUT2D eigenvalue weighted by Crippen LogP contribution is -2.48. The van der Waals surface area contributed by atoms with Gasteiger partial charge in [0, 0.05) is 43.1 Å². The number of hydrogen-bond donors (Lipinski definition) is 1. The second-order valence-electron chi connectivity index (χ2n) is 8.66. The molecule has 0 spiro atoms. The summed E-state index contributed by atoms with van der Waals surface area (Å²) in [5, 5.41) is 2.87. The summed E-state index contributed by atoms with van der Waals surface area (Å²) in [6.07, 6.45) is 3.35. The molecule has 4 rings (SSSR count). The summed E-state index contributed by atoms with van der Waals surface area (Å²) >= 11 is 0. The minimum absolute atomic E-state index is 0.117. The van der Waals surface area contributed by atoms with Crippen molar-refractivity contribution in [3.8, 4) is 0 Å². The summed E-state index contributed by atoms with van der Waals surface area (Å²) < 4.78 is 33.3. The van der Waals surface area contributed by atoms with E-state index in [4.69, 9.17) is 4.74 Å². The highest BCUT2D eigenvalue weighted by molar-refractivity contribution is 7.89. The van der Waals surface area contributed by atoms with Crippen LogP contribution in [-0.4, -0.2) is 57.0 Å². The maximum absolute atomic E-state index is 13.1. The summed E-state index contributed by atoms with van der Waals surface area (Å²) in [7, 11) is -3.71. The first-order valence-electron chi connectivity index (χ1n) is 11.2. The summed E-state index contributed by atoms with van der Waals surface area (Å²) in [6, 6.07) is 14.0. The van der Waals surface area contributed by atoms with E-state index in [-0.39, 0.29) is 23.0 Å². The molecule has 2 aliphatic heterocycles. The van der Waals surface area contributed by atoms with Crippen molar-refractivity contribution in [3.05, 3.63) is 54.1 Å².